The minimum absolute atomic E-state index is 0.220. The van der Waals surface area contributed by atoms with E-state index in [9.17, 15) is 4.79 Å². The second-order valence-corrected chi connectivity index (χ2v) is 5.86. The maximum atomic E-state index is 12.1. The van der Waals surface area contributed by atoms with Gasteiger partial charge in [-0.1, -0.05) is 42.1 Å². The van der Waals surface area contributed by atoms with Gasteiger partial charge >= 0.3 is 0 Å². The number of nitrogens with one attached hydrogen (secondary N) is 1. The topological polar surface area (TPSA) is 32.3 Å². The molecule has 1 fully saturated rings. The second kappa shape index (κ2) is 7.75. The van der Waals surface area contributed by atoms with Gasteiger partial charge in [-0.15, -0.1) is 0 Å². The van der Waals surface area contributed by atoms with Crippen LogP contribution in [0.2, 0.25) is 10.0 Å². The minimum atomic E-state index is 0.220. The Labute approximate surface area is 130 Å². The van der Waals surface area contributed by atoms with Crippen molar-refractivity contribution < 1.29 is 4.79 Å². The van der Waals surface area contributed by atoms with Gasteiger partial charge < -0.3 is 10.2 Å². The number of amides is 1. The highest BCUT2D eigenvalue weighted by Gasteiger charge is 2.15. The number of hydrogen-bond acceptors (Lipinski definition) is 2. The Morgan fingerprint density at radius 1 is 1.15 bits per heavy atom. The highest BCUT2D eigenvalue weighted by molar-refractivity contribution is 6.43. The summed E-state index contributed by atoms with van der Waals surface area (Å²) in [4.78, 5) is 14.1. The molecule has 1 aliphatic rings. The summed E-state index contributed by atoms with van der Waals surface area (Å²) in [5.41, 5.74) is 0.780. The van der Waals surface area contributed by atoms with Crippen LogP contribution in [0.15, 0.2) is 18.2 Å². The molecule has 110 valence electrons. The fourth-order valence-corrected chi connectivity index (χ4v) is 2.79. The molecule has 1 heterocycles. The Balaban J connectivity index is 1.80. The highest BCUT2D eigenvalue weighted by atomic mass is 35.5. The lowest BCUT2D eigenvalue weighted by atomic mass is 10.2. The van der Waals surface area contributed by atoms with E-state index < -0.39 is 0 Å². The van der Waals surface area contributed by atoms with Crippen LogP contribution in [-0.2, 0) is 4.79 Å². The summed E-state index contributed by atoms with van der Waals surface area (Å²) in [5.74, 6) is 0.220. The smallest absolute Gasteiger partial charge is 0.224 e. The maximum absolute atomic E-state index is 12.1. The SMILES string of the molecule is O=C(CCNc1cccc(Cl)c1Cl)N1CCCCCC1. The van der Waals surface area contributed by atoms with Crippen molar-refractivity contribution >= 4 is 34.8 Å². The second-order valence-electron chi connectivity index (χ2n) is 5.07. The van der Waals surface area contributed by atoms with Crippen molar-refractivity contribution in [2.45, 2.75) is 32.1 Å². The van der Waals surface area contributed by atoms with Crippen molar-refractivity contribution in [3.05, 3.63) is 28.2 Å². The van der Waals surface area contributed by atoms with Crippen LogP contribution in [0.1, 0.15) is 32.1 Å². The molecule has 0 radical (unpaired) electrons. The predicted octanol–water partition coefficient (Wildman–Crippen LogP) is 4.20. The molecule has 20 heavy (non-hydrogen) atoms. The largest absolute Gasteiger partial charge is 0.383 e. The molecule has 0 spiro atoms. The zero-order valence-corrected chi connectivity index (χ0v) is 13.0. The van der Waals surface area contributed by atoms with E-state index in [4.69, 9.17) is 23.2 Å². The number of likely N-dealkylation sites (tertiary alicyclic amines) is 1. The van der Waals surface area contributed by atoms with Crippen LogP contribution in [0, 0.1) is 0 Å². The molecule has 0 atom stereocenters. The Kier molecular flexibility index (Phi) is 5.99. The van der Waals surface area contributed by atoms with Gasteiger partial charge in [0.2, 0.25) is 5.91 Å². The van der Waals surface area contributed by atoms with Crippen molar-refractivity contribution in [3.63, 3.8) is 0 Å². The predicted molar refractivity (Wildman–Crippen MR) is 84.6 cm³/mol. The lowest BCUT2D eigenvalue weighted by Crippen LogP contribution is -2.32. The van der Waals surface area contributed by atoms with Crippen LogP contribution in [-0.4, -0.2) is 30.4 Å². The number of benzene rings is 1. The van der Waals surface area contributed by atoms with Gasteiger partial charge in [-0.25, -0.2) is 0 Å². The number of nitrogens with zero attached hydrogens (tertiary/aromatic N) is 1. The molecule has 0 bridgehead atoms. The Morgan fingerprint density at radius 3 is 2.55 bits per heavy atom. The van der Waals surface area contributed by atoms with E-state index in [1.165, 1.54) is 12.8 Å². The lowest BCUT2D eigenvalue weighted by Gasteiger charge is -2.20. The molecule has 1 aromatic rings. The molecule has 5 heteroatoms. The van der Waals surface area contributed by atoms with Gasteiger partial charge in [0.05, 0.1) is 15.7 Å². The standard InChI is InChI=1S/C15H20Cl2N2O/c16-12-6-5-7-13(15(12)17)18-9-8-14(20)19-10-3-1-2-4-11-19/h5-7,18H,1-4,8-11H2. The van der Waals surface area contributed by atoms with Crippen LogP contribution in [0.3, 0.4) is 0 Å². The summed E-state index contributed by atoms with van der Waals surface area (Å²) < 4.78 is 0. The maximum Gasteiger partial charge on any atom is 0.224 e. The van der Waals surface area contributed by atoms with Crippen molar-refractivity contribution in [1.82, 2.24) is 4.90 Å². The van der Waals surface area contributed by atoms with Gasteiger partial charge in [0.15, 0.2) is 0 Å². The zero-order chi connectivity index (χ0) is 14.4. The molecular formula is C15H20Cl2N2O. The van der Waals surface area contributed by atoms with E-state index in [-0.39, 0.29) is 5.91 Å². The van der Waals surface area contributed by atoms with E-state index >= 15 is 0 Å². The Hall–Kier alpha value is -0.930. The van der Waals surface area contributed by atoms with Gasteiger partial charge in [0, 0.05) is 26.1 Å². The molecule has 3 nitrogen and oxygen atoms in total. The summed E-state index contributed by atoms with van der Waals surface area (Å²) in [6.45, 7) is 2.38. The van der Waals surface area contributed by atoms with Gasteiger partial charge in [0.1, 0.15) is 0 Å². The van der Waals surface area contributed by atoms with E-state index in [1.807, 2.05) is 17.0 Å². The van der Waals surface area contributed by atoms with Gasteiger partial charge in [-0.2, -0.15) is 0 Å². The van der Waals surface area contributed by atoms with Crippen molar-refractivity contribution in [2.75, 3.05) is 25.0 Å². The number of hydrogen-bond donors (Lipinski definition) is 1. The van der Waals surface area contributed by atoms with Crippen LogP contribution in [0.5, 0.6) is 0 Å². The molecule has 1 amide bonds. The first kappa shape index (κ1) is 15.5. The normalized spacial score (nSPS) is 15.8. The Morgan fingerprint density at radius 2 is 1.85 bits per heavy atom. The average Bonchev–Trinajstić information content (AvgIpc) is 2.72. The highest BCUT2D eigenvalue weighted by Crippen LogP contribution is 2.29. The number of anilines is 1. The molecule has 1 aromatic carbocycles. The molecule has 1 saturated heterocycles. The van der Waals surface area contributed by atoms with E-state index in [1.54, 1.807) is 6.07 Å². The number of rotatable bonds is 4. The van der Waals surface area contributed by atoms with Crippen LogP contribution >= 0.6 is 23.2 Å². The molecule has 2 rings (SSSR count). The quantitative estimate of drug-likeness (QED) is 0.903. The molecule has 0 aromatic heterocycles. The number of carbonyl (C=O) groups is 1. The number of halogens is 2. The summed E-state index contributed by atoms with van der Waals surface area (Å²) in [5, 5.41) is 4.21. The van der Waals surface area contributed by atoms with E-state index in [0.717, 1.165) is 31.6 Å². The lowest BCUT2D eigenvalue weighted by molar-refractivity contribution is -0.130. The summed E-state index contributed by atoms with van der Waals surface area (Å²) in [7, 11) is 0. The van der Waals surface area contributed by atoms with Crippen LogP contribution in [0.4, 0.5) is 5.69 Å². The molecule has 1 N–H and O–H groups in total. The zero-order valence-electron chi connectivity index (χ0n) is 11.5. The minimum Gasteiger partial charge on any atom is -0.383 e. The summed E-state index contributed by atoms with van der Waals surface area (Å²) >= 11 is 12.0. The van der Waals surface area contributed by atoms with Gasteiger partial charge in [-0.3, -0.25) is 4.79 Å². The summed E-state index contributed by atoms with van der Waals surface area (Å²) in [6.07, 6.45) is 5.21. The summed E-state index contributed by atoms with van der Waals surface area (Å²) in [6, 6.07) is 5.45. The third-order valence-corrected chi connectivity index (χ3v) is 4.38. The van der Waals surface area contributed by atoms with Crippen molar-refractivity contribution in [2.24, 2.45) is 0 Å². The molecule has 0 aliphatic carbocycles. The first-order valence-electron chi connectivity index (χ1n) is 7.14. The number of carbonyl (C=O) groups excluding carboxylic acids is 1. The first-order valence-corrected chi connectivity index (χ1v) is 7.90. The van der Waals surface area contributed by atoms with Gasteiger partial charge in [0.25, 0.3) is 0 Å². The first-order chi connectivity index (χ1) is 9.68. The molecule has 0 unspecified atom stereocenters. The Bertz CT molecular complexity index is 457. The third kappa shape index (κ3) is 4.29. The van der Waals surface area contributed by atoms with Crippen LogP contribution < -0.4 is 5.32 Å². The van der Waals surface area contributed by atoms with E-state index in [2.05, 4.69) is 5.32 Å². The van der Waals surface area contributed by atoms with Crippen molar-refractivity contribution in [3.8, 4) is 0 Å². The van der Waals surface area contributed by atoms with E-state index in [0.29, 0.717) is 23.0 Å². The molecule has 1 aliphatic heterocycles. The average molecular weight is 315 g/mol. The monoisotopic (exact) mass is 314 g/mol. The molecule has 0 saturated carbocycles. The van der Waals surface area contributed by atoms with Gasteiger partial charge in [-0.05, 0) is 25.0 Å². The fraction of sp³-hybridized carbons (Fsp3) is 0.533. The third-order valence-electron chi connectivity index (χ3n) is 3.56. The van der Waals surface area contributed by atoms with Crippen molar-refractivity contribution in [1.29, 1.82) is 0 Å². The fourth-order valence-electron chi connectivity index (χ4n) is 2.42. The molecular weight excluding hydrogens is 295 g/mol. The van der Waals surface area contributed by atoms with Crippen LogP contribution in [0.25, 0.3) is 0 Å².